The summed E-state index contributed by atoms with van der Waals surface area (Å²) in [5, 5.41) is 1.09. The quantitative estimate of drug-likeness (QED) is 0.754. The van der Waals surface area contributed by atoms with Gasteiger partial charge in [-0.05, 0) is 17.0 Å². The highest BCUT2D eigenvalue weighted by atomic mass is 35.5. The molecule has 0 aromatic carbocycles. The van der Waals surface area contributed by atoms with Gasteiger partial charge in [0.1, 0.15) is 5.15 Å². The van der Waals surface area contributed by atoms with E-state index in [4.69, 9.17) is 28.9 Å². The summed E-state index contributed by atoms with van der Waals surface area (Å²) < 4.78 is 0. The lowest BCUT2D eigenvalue weighted by molar-refractivity contribution is 0.598. The lowest BCUT2D eigenvalue weighted by Crippen LogP contribution is -2.06. The molecule has 1 heterocycles. The van der Waals surface area contributed by atoms with Crippen molar-refractivity contribution in [1.29, 1.82) is 0 Å². The Bertz CT molecular complexity index is 376. The summed E-state index contributed by atoms with van der Waals surface area (Å²) in [4.78, 5) is 4.03. The van der Waals surface area contributed by atoms with Crippen LogP contribution in [0.15, 0.2) is 12.3 Å². The Morgan fingerprint density at radius 1 is 1.43 bits per heavy atom. The van der Waals surface area contributed by atoms with Crippen LogP contribution in [0.3, 0.4) is 0 Å². The lowest BCUT2D eigenvalue weighted by Gasteiger charge is -2.04. The normalized spacial score (nSPS) is 28.9. The van der Waals surface area contributed by atoms with Crippen LogP contribution in [0.4, 0.5) is 0 Å². The Balaban J connectivity index is 2.36. The van der Waals surface area contributed by atoms with Gasteiger partial charge in [0.05, 0.1) is 0 Å². The fourth-order valence-electron chi connectivity index (χ4n) is 1.92. The Morgan fingerprint density at radius 2 is 2.00 bits per heavy atom. The minimum absolute atomic E-state index is 0.124. The topological polar surface area (TPSA) is 38.9 Å². The van der Waals surface area contributed by atoms with Crippen molar-refractivity contribution in [3.63, 3.8) is 0 Å². The highest BCUT2D eigenvalue weighted by Gasteiger charge is 2.56. The Kier molecular flexibility index (Phi) is 2.25. The molecule has 0 aliphatic heterocycles. The molecular formula is C10H12Cl2N2. The number of hydrogen-bond acceptors (Lipinski definition) is 2. The molecule has 0 amide bonds. The molecule has 0 radical (unpaired) electrons. The summed E-state index contributed by atoms with van der Waals surface area (Å²) in [6, 6.07) is 1.84. The summed E-state index contributed by atoms with van der Waals surface area (Å²) in [6.45, 7) is 4.26. The van der Waals surface area contributed by atoms with E-state index in [9.17, 15) is 0 Å². The largest absolute Gasteiger partial charge is 0.327 e. The molecule has 2 N–H and O–H groups in total. The molecule has 76 valence electrons. The zero-order valence-electron chi connectivity index (χ0n) is 8.09. The number of halogens is 2. The smallest absolute Gasteiger partial charge is 0.130 e. The van der Waals surface area contributed by atoms with Crippen LogP contribution in [0.2, 0.25) is 10.2 Å². The van der Waals surface area contributed by atoms with E-state index in [0.717, 1.165) is 5.56 Å². The van der Waals surface area contributed by atoms with E-state index in [1.165, 1.54) is 0 Å². The zero-order valence-corrected chi connectivity index (χ0v) is 9.60. The van der Waals surface area contributed by atoms with Gasteiger partial charge >= 0.3 is 0 Å². The minimum Gasteiger partial charge on any atom is -0.327 e. The Morgan fingerprint density at radius 3 is 2.43 bits per heavy atom. The van der Waals surface area contributed by atoms with Gasteiger partial charge in [-0.2, -0.15) is 0 Å². The van der Waals surface area contributed by atoms with Gasteiger partial charge in [-0.1, -0.05) is 37.0 Å². The molecule has 1 aliphatic carbocycles. The van der Waals surface area contributed by atoms with E-state index in [1.54, 1.807) is 12.3 Å². The molecule has 2 rings (SSSR count). The molecule has 1 saturated carbocycles. The maximum absolute atomic E-state index is 6.08. The first-order valence-electron chi connectivity index (χ1n) is 4.51. The molecule has 1 aromatic heterocycles. The van der Waals surface area contributed by atoms with Crippen LogP contribution >= 0.6 is 23.2 Å². The maximum atomic E-state index is 6.08. The van der Waals surface area contributed by atoms with Gasteiger partial charge < -0.3 is 5.73 Å². The molecule has 1 fully saturated rings. The lowest BCUT2D eigenvalue weighted by atomic mass is 10.1. The van der Waals surface area contributed by atoms with Crippen molar-refractivity contribution in [3.8, 4) is 0 Å². The first-order valence-corrected chi connectivity index (χ1v) is 5.26. The second-order valence-electron chi connectivity index (χ2n) is 4.35. The van der Waals surface area contributed by atoms with Gasteiger partial charge in [0.25, 0.3) is 0 Å². The molecular weight excluding hydrogens is 219 g/mol. The van der Waals surface area contributed by atoms with Crippen molar-refractivity contribution < 1.29 is 0 Å². The van der Waals surface area contributed by atoms with Gasteiger partial charge in [0, 0.05) is 23.2 Å². The van der Waals surface area contributed by atoms with E-state index in [-0.39, 0.29) is 11.5 Å². The van der Waals surface area contributed by atoms with Crippen LogP contribution in [0.25, 0.3) is 0 Å². The van der Waals surface area contributed by atoms with Gasteiger partial charge in [0.15, 0.2) is 0 Å². The summed E-state index contributed by atoms with van der Waals surface area (Å²) in [7, 11) is 0. The molecule has 1 aromatic rings. The number of pyridine rings is 1. The summed E-state index contributed by atoms with van der Waals surface area (Å²) in [5.41, 5.74) is 7.10. The molecule has 0 unspecified atom stereocenters. The summed E-state index contributed by atoms with van der Waals surface area (Å²) in [5.74, 6) is 0.305. The molecule has 2 atom stereocenters. The summed E-state index contributed by atoms with van der Waals surface area (Å²) >= 11 is 11.8. The van der Waals surface area contributed by atoms with E-state index >= 15 is 0 Å². The van der Waals surface area contributed by atoms with Gasteiger partial charge in [-0.15, -0.1) is 0 Å². The predicted octanol–water partition coefficient (Wildman–Crippen LogP) is 2.84. The molecule has 2 nitrogen and oxygen atoms in total. The first-order chi connectivity index (χ1) is 6.44. The SMILES string of the molecule is CC1(C)[C@@H](N)[C@@H]1c1cnc(Cl)cc1Cl. The Hall–Kier alpha value is -0.310. The van der Waals surface area contributed by atoms with Crippen LogP contribution < -0.4 is 5.73 Å². The molecule has 0 bridgehead atoms. The number of hydrogen-bond donors (Lipinski definition) is 1. The van der Waals surface area contributed by atoms with Crippen molar-refractivity contribution in [2.75, 3.05) is 0 Å². The van der Waals surface area contributed by atoms with Crippen molar-refractivity contribution in [2.24, 2.45) is 11.1 Å². The highest BCUT2D eigenvalue weighted by Crippen LogP contribution is 2.58. The average molecular weight is 231 g/mol. The van der Waals surface area contributed by atoms with Crippen molar-refractivity contribution in [3.05, 3.63) is 28.0 Å². The van der Waals surface area contributed by atoms with Crippen molar-refractivity contribution in [1.82, 2.24) is 4.98 Å². The van der Waals surface area contributed by atoms with Crippen LogP contribution in [0, 0.1) is 5.41 Å². The van der Waals surface area contributed by atoms with E-state index in [2.05, 4.69) is 18.8 Å². The van der Waals surface area contributed by atoms with E-state index in [1.807, 2.05) is 0 Å². The van der Waals surface area contributed by atoms with Crippen LogP contribution in [-0.4, -0.2) is 11.0 Å². The Labute approximate surface area is 93.4 Å². The second-order valence-corrected chi connectivity index (χ2v) is 5.15. The third kappa shape index (κ3) is 1.42. The molecule has 14 heavy (non-hydrogen) atoms. The van der Waals surface area contributed by atoms with Gasteiger partial charge in [0.2, 0.25) is 0 Å². The molecule has 0 saturated heterocycles. The van der Waals surface area contributed by atoms with Crippen LogP contribution in [0.1, 0.15) is 25.3 Å². The maximum Gasteiger partial charge on any atom is 0.130 e. The molecule has 0 spiro atoms. The fraction of sp³-hybridized carbons (Fsp3) is 0.500. The monoisotopic (exact) mass is 230 g/mol. The van der Waals surface area contributed by atoms with Crippen LogP contribution in [-0.2, 0) is 0 Å². The zero-order chi connectivity index (χ0) is 10.5. The van der Waals surface area contributed by atoms with Gasteiger partial charge in [-0.25, -0.2) is 4.98 Å². The average Bonchev–Trinajstić information content (AvgIpc) is 2.54. The predicted molar refractivity (Wildman–Crippen MR) is 58.8 cm³/mol. The number of nitrogens with two attached hydrogens (primary N) is 1. The van der Waals surface area contributed by atoms with Crippen molar-refractivity contribution in [2.45, 2.75) is 25.8 Å². The third-order valence-electron chi connectivity index (χ3n) is 3.09. The summed E-state index contributed by atoms with van der Waals surface area (Å²) in [6.07, 6.45) is 1.73. The minimum atomic E-state index is 0.124. The molecule has 4 heteroatoms. The van der Waals surface area contributed by atoms with Crippen molar-refractivity contribution >= 4 is 23.2 Å². The van der Waals surface area contributed by atoms with E-state index < -0.39 is 0 Å². The standard InChI is InChI=1S/C10H12Cl2N2/c1-10(2)8(9(10)13)5-4-14-7(12)3-6(5)11/h3-4,8-9H,13H2,1-2H3/t8-,9-/m0/s1. The van der Waals surface area contributed by atoms with E-state index in [0.29, 0.717) is 16.1 Å². The molecule has 1 aliphatic rings. The third-order valence-corrected chi connectivity index (χ3v) is 3.63. The number of rotatable bonds is 1. The van der Waals surface area contributed by atoms with Crippen LogP contribution in [0.5, 0.6) is 0 Å². The number of aromatic nitrogens is 1. The highest BCUT2D eigenvalue weighted by molar-refractivity contribution is 6.34. The number of nitrogens with zero attached hydrogens (tertiary/aromatic N) is 1. The van der Waals surface area contributed by atoms with Gasteiger partial charge in [-0.3, -0.25) is 0 Å². The second kappa shape index (κ2) is 3.09. The fourth-order valence-corrected chi connectivity index (χ4v) is 2.40. The first kappa shape index (κ1) is 10.2.